The standard InChI is InChI=1S/C15H23NO2/c1-18-15-7-3-6-14(9-15)16-10-12-4-2-5-13(8-12)11-17/h2,4-5,8,14-17H,3,6-7,9-11H2,1H3. The molecule has 0 radical (unpaired) electrons. The molecule has 0 heterocycles. The number of benzene rings is 1. The lowest BCUT2D eigenvalue weighted by atomic mass is 9.92. The highest BCUT2D eigenvalue weighted by Gasteiger charge is 2.20. The third-order valence-corrected chi connectivity index (χ3v) is 3.73. The van der Waals surface area contributed by atoms with Crippen molar-refractivity contribution in [2.24, 2.45) is 0 Å². The Balaban J connectivity index is 1.83. The third-order valence-electron chi connectivity index (χ3n) is 3.73. The third kappa shape index (κ3) is 3.80. The van der Waals surface area contributed by atoms with Crippen LogP contribution in [-0.4, -0.2) is 24.4 Å². The van der Waals surface area contributed by atoms with E-state index >= 15 is 0 Å². The second-order valence-corrected chi connectivity index (χ2v) is 5.08. The van der Waals surface area contributed by atoms with Gasteiger partial charge in [0, 0.05) is 19.7 Å². The molecule has 18 heavy (non-hydrogen) atoms. The number of aliphatic hydroxyl groups is 1. The van der Waals surface area contributed by atoms with Crippen molar-refractivity contribution in [3.63, 3.8) is 0 Å². The summed E-state index contributed by atoms with van der Waals surface area (Å²) in [6, 6.07) is 8.67. The van der Waals surface area contributed by atoms with Crippen molar-refractivity contribution in [2.75, 3.05) is 7.11 Å². The minimum Gasteiger partial charge on any atom is -0.392 e. The highest BCUT2D eigenvalue weighted by Crippen LogP contribution is 2.21. The van der Waals surface area contributed by atoms with Crippen molar-refractivity contribution in [3.05, 3.63) is 35.4 Å². The first-order valence-corrected chi connectivity index (χ1v) is 6.76. The number of nitrogens with one attached hydrogen (secondary N) is 1. The van der Waals surface area contributed by atoms with Crippen LogP contribution >= 0.6 is 0 Å². The molecule has 0 saturated heterocycles. The van der Waals surface area contributed by atoms with Crippen molar-refractivity contribution in [2.45, 2.75) is 51.0 Å². The molecule has 2 N–H and O–H groups in total. The van der Waals surface area contributed by atoms with Crippen molar-refractivity contribution in [1.82, 2.24) is 5.32 Å². The zero-order valence-electron chi connectivity index (χ0n) is 11.1. The molecule has 1 aliphatic carbocycles. The van der Waals surface area contributed by atoms with E-state index in [9.17, 15) is 0 Å². The van der Waals surface area contributed by atoms with Gasteiger partial charge >= 0.3 is 0 Å². The Hall–Kier alpha value is -0.900. The largest absolute Gasteiger partial charge is 0.392 e. The van der Waals surface area contributed by atoms with Crippen LogP contribution in [0.15, 0.2) is 24.3 Å². The second kappa shape index (κ2) is 6.88. The van der Waals surface area contributed by atoms with Gasteiger partial charge in [-0.15, -0.1) is 0 Å². The number of methoxy groups -OCH3 is 1. The molecule has 0 aromatic heterocycles. The Bertz CT molecular complexity index is 367. The van der Waals surface area contributed by atoms with Crippen LogP contribution in [0, 0.1) is 0 Å². The van der Waals surface area contributed by atoms with Gasteiger partial charge in [-0.05, 0) is 36.8 Å². The molecular formula is C15H23NO2. The van der Waals surface area contributed by atoms with Gasteiger partial charge in [-0.2, -0.15) is 0 Å². The van der Waals surface area contributed by atoms with E-state index in [0.717, 1.165) is 18.5 Å². The molecular weight excluding hydrogens is 226 g/mol. The zero-order chi connectivity index (χ0) is 12.8. The van der Waals surface area contributed by atoms with E-state index in [1.54, 1.807) is 7.11 Å². The van der Waals surface area contributed by atoms with Crippen LogP contribution in [0.4, 0.5) is 0 Å². The Kier molecular flexibility index (Phi) is 5.17. The molecule has 3 nitrogen and oxygen atoms in total. The van der Waals surface area contributed by atoms with Crippen LogP contribution in [0.25, 0.3) is 0 Å². The Labute approximate surface area is 109 Å². The molecule has 1 aromatic carbocycles. The fourth-order valence-electron chi connectivity index (χ4n) is 2.64. The summed E-state index contributed by atoms with van der Waals surface area (Å²) in [5.41, 5.74) is 2.22. The summed E-state index contributed by atoms with van der Waals surface area (Å²) in [6.45, 7) is 0.984. The summed E-state index contributed by atoms with van der Waals surface area (Å²) in [4.78, 5) is 0. The van der Waals surface area contributed by atoms with Crippen molar-refractivity contribution in [1.29, 1.82) is 0 Å². The number of aliphatic hydroxyl groups excluding tert-OH is 1. The topological polar surface area (TPSA) is 41.5 Å². The first-order valence-electron chi connectivity index (χ1n) is 6.76. The van der Waals surface area contributed by atoms with E-state index in [-0.39, 0.29) is 6.61 Å². The van der Waals surface area contributed by atoms with Gasteiger partial charge in [0.25, 0.3) is 0 Å². The van der Waals surface area contributed by atoms with E-state index in [0.29, 0.717) is 12.1 Å². The molecule has 0 aliphatic heterocycles. The average Bonchev–Trinajstić information content (AvgIpc) is 2.45. The Morgan fingerprint density at radius 3 is 2.94 bits per heavy atom. The van der Waals surface area contributed by atoms with Gasteiger partial charge in [-0.3, -0.25) is 0 Å². The first-order chi connectivity index (χ1) is 8.81. The quantitative estimate of drug-likeness (QED) is 0.841. The normalized spacial score (nSPS) is 24.1. The van der Waals surface area contributed by atoms with Crippen molar-refractivity contribution >= 4 is 0 Å². The van der Waals surface area contributed by atoms with Crippen LogP contribution < -0.4 is 5.32 Å². The van der Waals surface area contributed by atoms with Gasteiger partial charge in [0.1, 0.15) is 0 Å². The SMILES string of the molecule is COC1CCCC(NCc2cccc(CO)c2)C1. The minimum absolute atomic E-state index is 0.114. The molecule has 2 rings (SSSR count). The molecule has 2 atom stereocenters. The number of hydrogen-bond donors (Lipinski definition) is 2. The Morgan fingerprint density at radius 2 is 2.17 bits per heavy atom. The first kappa shape index (κ1) is 13.5. The smallest absolute Gasteiger partial charge is 0.0681 e. The maximum atomic E-state index is 9.11. The number of ether oxygens (including phenoxy) is 1. The maximum Gasteiger partial charge on any atom is 0.0681 e. The van der Waals surface area contributed by atoms with E-state index in [4.69, 9.17) is 9.84 Å². The maximum absolute atomic E-state index is 9.11. The van der Waals surface area contributed by atoms with E-state index < -0.39 is 0 Å². The van der Waals surface area contributed by atoms with Gasteiger partial charge < -0.3 is 15.2 Å². The summed E-state index contributed by atoms with van der Waals surface area (Å²) in [7, 11) is 1.80. The predicted molar refractivity (Wildman–Crippen MR) is 72.3 cm³/mol. The highest BCUT2D eigenvalue weighted by molar-refractivity contribution is 5.22. The second-order valence-electron chi connectivity index (χ2n) is 5.08. The Morgan fingerprint density at radius 1 is 1.33 bits per heavy atom. The summed E-state index contributed by atoms with van der Waals surface area (Å²) >= 11 is 0. The van der Waals surface area contributed by atoms with Crippen molar-refractivity contribution in [3.8, 4) is 0 Å². The number of hydrogen-bond acceptors (Lipinski definition) is 3. The monoisotopic (exact) mass is 249 g/mol. The van der Waals surface area contributed by atoms with Crippen LogP contribution in [0.3, 0.4) is 0 Å². The summed E-state index contributed by atoms with van der Waals surface area (Å²) in [6.07, 6.45) is 5.19. The molecule has 0 spiro atoms. The molecule has 1 aromatic rings. The van der Waals surface area contributed by atoms with Crippen LogP contribution in [-0.2, 0) is 17.9 Å². The van der Waals surface area contributed by atoms with Gasteiger partial charge in [0.05, 0.1) is 12.7 Å². The number of rotatable bonds is 5. The molecule has 100 valence electrons. The van der Waals surface area contributed by atoms with E-state index in [1.807, 2.05) is 12.1 Å². The predicted octanol–water partition coefficient (Wildman–Crippen LogP) is 2.23. The van der Waals surface area contributed by atoms with Gasteiger partial charge in [0.15, 0.2) is 0 Å². The van der Waals surface area contributed by atoms with E-state index in [1.165, 1.54) is 24.8 Å². The van der Waals surface area contributed by atoms with Crippen LogP contribution in [0.2, 0.25) is 0 Å². The van der Waals surface area contributed by atoms with Crippen molar-refractivity contribution < 1.29 is 9.84 Å². The molecule has 2 unspecified atom stereocenters. The average molecular weight is 249 g/mol. The molecule has 0 bridgehead atoms. The lowest BCUT2D eigenvalue weighted by Crippen LogP contribution is -2.36. The summed E-state index contributed by atoms with van der Waals surface area (Å²) < 4.78 is 5.44. The van der Waals surface area contributed by atoms with Gasteiger partial charge in [-0.1, -0.05) is 24.3 Å². The minimum atomic E-state index is 0.114. The molecule has 1 fully saturated rings. The zero-order valence-corrected chi connectivity index (χ0v) is 11.1. The molecule has 0 amide bonds. The van der Waals surface area contributed by atoms with Gasteiger partial charge in [0.2, 0.25) is 0 Å². The van der Waals surface area contributed by atoms with Gasteiger partial charge in [-0.25, -0.2) is 0 Å². The molecule has 1 saturated carbocycles. The molecule has 1 aliphatic rings. The lowest BCUT2D eigenvalue weighted by Gasteiger charge is -2.29. The fourth-order valence-corrected chi connectivity index (χ4v) is 2.64. The fraction of sp³-hybridized carbons (Fsp3) is 0.600. The summed E-state index contributed by atoms with van der Waals surface area (Å²) in [5, 5.41) is 12.7. The highest BCUT2D eigenvalue weighted by atomic mass is 16.5. The lowest BCUT2D eigenvalue weighted by molar-refractivity contribution is 0.0586. The van der Waals surface area contributed by atoms with E-state index in [2.05, 4.69) is 17.4 Å². The summed E-state index contributed by atoms with van der Waals surface area (Å²) in [5.74, 6) is 0. The van der Waals surface area contributed by atoms with Crippen LogP contribution in [0.1, 0.15) is 36.8 Å². The van der Waals surface area contributed by atoms with Crippen LogP contribution in [0.5, 0.6) is 0 Å². The molecule has 3 heteroatoms.